The number of pyridine rings is 1. The maximum absolute atomic E-state index is 13.6. The molecule has 0 aliphatic heterocycles. The van der Waals surface area contributed by atoms with E-state index in [1.165, 1.54) is 6.20 Å². The number of rotatable bonds is 28. The highest BCUT2D eigenvalue weighted by Gasteiger charge is 2.35. The number of carbonyl (C=O) groups excluding carboxylic acids is 4. The van der Waals surface area contributed by atoms with Gasteiger partial charge in [-0.1, -0.05) is 67.0 Å². The number of aromatic nitrogens is 9. The molecular weight excluding hydrogens is 1290 g/mol. The van der Waals surface area contributed by atoms with Gasteiger partial charge in [-0.15, -0.1) is 20.4 Å². The zero-order valence-corrected chi connectivity index (χ0v) is 55.2. The van der Waals surface area contributed by atoms with Crippen molar-refractivity contribution in [2.75, 3.05) is 47.7 Å². The number of anilines is 4. The zero-order valence-electron chi connectivity index (χ0n) is 54.5. The number of aryl methyl sites for hydroxylation is 4. The highest BCUT2D eigenvalue weighted by Crippen LogP contribution is 2.37. The van der Waals surface area contributed by atoms with E-state index in [4.69, 9.17) is 35.8 Å². The van der Waals surface area contributed by atoms with E-state index in [1.807, 2.05) is 54.5 Å². The van der Waals surface area contributed by atoms with E-state index in [1.54, 1.807) is 86.1 Å². The number of hydrogen-bond donors (Lipinski definition) is 4. The Morgan fingerprint density at radius 2 is 0.750 bits per heavy atom. The van der Waals surface area contributed by atoms with Crippen LogP contribution in [0, 0.1) is 17.1 Å². The molecule has 0 unspecified atom stereocenters. The fourth-order valence-electron chi connectivity index (χ4n) is 8.34. The Kier molecular flexibility index (Phi) is 30.7. The van der Waals surface area contributed by atoms with Gasteiger partial charge in [0.2, 0.25) is 23.5 Å². The molecule has 5 heterocycles. The molecule has 0 saturated carbocycles. The van der Waals surface area contributed by atoms with Gasteiger partial charge < -0.3 is 40.2 Å². The van der Waals surface area contributed by atoms with Crippen LogP contribution in [0.4, 0.5) is 53.5 Å². The minimum absolute atomic E-state index is 0.0924. The van der Waals surface area contributed by atoms with Crippen molar-refractivity contribution in [3.8, 4) is 29.6 Å². The molecule has 3 aromatic carbocycles. The molecule has 30 heteroatoms. The first-order valence-electron chi connectivity index (χ1n) is 31.1. The maximum Gasteiger partial charge on any atom is 0.419 e. The fourth-order valence-corrected chi connectivity index (χ4v) is 8.62. The van der Waals surface area contributed by atoms with Gasteiger partial charge in [0.05, 0.1) is 54.2 Å². The molecule has 0 fully saturated rings. The quantitative estimate of drug-likeness (QED) is 0.0333. The first-order valence-corrected chi connectivity index (χ1v) is 31.5. The van der Waals surface area contributed by atoms with E-state index in [0.29, 0.717) is 97.9 Å². The van der Waals surface area contributed by atoms with E-state index in [-0.39, 0.29) is 46.1 Å². The largest absolute Gasteiger partial charge is 0.476 e. The summed E-state index contributed by atoms with van der Waals surface area (Å²) in [5, 5.41) is 35.9. The summed E-state index contributed by atoms with van der Waals surface area (Å²) in [5.41, 5.74) is 0.783. The lowest BCUT2D eigenvalue weighted by atomic mass is 10.2. The van der Waals surface area contributed by atoms with Gasteiger partial charge >= 0.3 is 12.4 Å². The summed E-state index contributed by atoms with van der Waals surface area (Å²) in [7, 11) is 0. The molecule has 22 nitrogen and oxygen atoms in total. The van der Waals surface area contributed by atoms with E-state index in [9.17, 15) is 49.9 Å². The van der Waals surface area contributed by atoms with E-state index >= 15 is 0 Å². The first-order chi connectivity index (χ1) is 45.9. The van der Waals surface area contributed by atoms with Crippen LogP contribution < -0.4 is 40.2 Å². The lowest BCUT2D eigenvalue weighted by molar-refractivity contribution is -0.140. The van der Waals surface area contributed by atoms with E-state index in [2.05, 4.69) is 53.6 Å². The fraction of sp³-hybridized carbons (Fsp3) is 0.394. The summed E-state index contributed by atoms with van der Waals surface area (Å²) in [6.07, 6.45) is 7.03. The van der Waals surface area contributed by atoms with Gasteiger partial charge in [0, 0.05) is 86.1 Å². The molecule has 0 spiro atoms. The summed E-state index contributed by atoms with van der Waals surface area (Å²) in [4.78, 5) is 53.6. The average molecular weight is 1360 g/mol. The Balaban J connectivity index is 0.000000232. The minimum Gasteiger partial charge on any atom is -0.476 e. The molecule has 0 bridgehead atoms. The van der Waals surface area contributed by atoms with E-state index in [0.717, 1.165) is 82.3 Å². The molecule has 0 aliphatic carbocycles. The molecule has 8 aromatic rings. The Bertz CT molecular complexity index is 3680. The normalized spacial score (nSPS) is 10.9. The van der Waals surface area contributed by atoms with Gasteiger partial charge in [0.25, 0.3) is 23.6 Å². The molecule has 0 aliphatic rings. The SMILES string of the molecule is CCCOc1nn(CCC)cc1C(=O)Nc1ccc(C#N)cc1.CCCOc1nn(CCC)cc1C(=O)Nc1ccc(C(F)(F)F)c(Cl)c1.CCCOc1nn(CCC)cc1C(=O)Nc1ccc(C(F)(F)F)c(F)c1.CCCOc1nn(CCC)cc1C(=O)Nc1ccncc1. The third kappa shape index (κ3) is 23.8. The number of ether oxygens (including phenoxy) is 4. The van der Waals surface area contributed by atoms with Gasteiger partial charge in [-0.3, -0.25) is 42.9 Å². The van der Waals surface area contributed by atoms with Crippen LogP contribution >= 0.6 is 11.6 Å². The van der Waals surface area contributed by atoms with Gasteiger partial charge in [-0.2, -0.15) is 31.6 Å². The van der Waals surface area contributed by atoms with Crippen LogP contribution in [0.5, 0.6) is 23.5 Å². The Morgan fingerprint density at radius 3 is 1.04 bits per heavy atom. The van der Waals surface area contributed by atoms with Gasteiger partial charge in [-0.25, -0.2) is 4.39 Å². The standard InChI is InChI=1S/C17H19ClF3N3O2.C17H19F4N3O2.C17H20N4O2.C15H20N4O2/c2*1-3-7-24-10-12(16(23-24)26-8-4-2)15(25)22-11-5-6-13(14(18)9-11)17(19,20)21;1-3-9-21-12-15(17(20-21)23-10-4-2)16(22)19-14-7-5-13(11-18)6-8-14;1-3-9-19-11-13(15(18-19)21-10-4-2)14(20)17-12-5-7-16-8-6-12/h2*5-6,9-10H,3-4,7-8H2,1-2H3,(H,22,25);5-8,12H,3-4,9-10H2,1-2H3,(H,19,22);5-8,11H,3-4,9-10H2,1-2H3,(H,16,17,20). The topological polar surface area (TPSA) is 261 Å². The van der Waals surface area contributed by atoms with Crippen molar-refractivity contribution >= 4 is 58.0 Å². The van der Waals surface area contributed by atoms with Crippen molar-refractivity contribution in [1.29, 1.82) is 5.26 Å². The summed E-state index contributed by atoms with van der Waals surface area (Å²) in [5.74, 6) is -2.08. The summed E-state index contributed by atoms with van der Waals surface area (Å²) in [6.45, 7) is 20.3. The second kappa shape index (κ2) is 38.4. The highest BCUT2D eigenvalue weighted by molar-refractivity contribution is 6.31. The smallest absolute Gasteiger partial charge is 0.419 e. The average Bonchev–Trinajstić information content (AvgIpc) is 1.10. The molecule has 5 aromatic heterocycles. The predicted octanol–water partition coefficient (Wildman–Crippen LogP) is 15.4. The number of benzene rings is 3. The number of amides is 4. The van der Waals surface area contributed by atoms with Crippen molar-refractivity contribution in [2.45, 2.75) is 145 Å². The Labute approximate surface area is 556 Å². The number of hydrogen-bond acceptors (Lipinski definition) is 14. The Hall–Kier alpha value is -9.98. The minimum atomic E-state index is -4.80. The highest BCUT2D eigenvalue weighted by atomic mass is 35.5. The van der Waals surface area contributed by atoms with Crippen LogP contribution in [0.25, 0.3) is 0 Å². The second-order valence-corrected chi connectivity index (χ2v) is 21.4. The van der Waals surface area contributed by atoms with Crippen LogP contribution in [0.1, 0.15) is 165 Å². The summed E-state index contributed by atoms with van der Waals surface area (Å²) in [6, 6.07) is 17.5. The van der Waals surface area contributed by atoms with Crippen LogP contribution in [-0.4, -0.2) is 94.2 Å². The number of alkyl halides is 6. The molecule has 516 valence electrons. The molecule has 0 radical (unpaired) electrons. The van der Waals surface area contributed by atoms with Gasteiger partial charge in [-0.05, 0) is 124 Å². The summed E-state index contributed by atoms with van der Waals surface area (Å²) < 4.78 is 118. The molecular formula is C66H78ClF7N14O8. The van der Waals surface area contributed by atoms with Crippen LogP contribution in [-0.2, 0) is 38.5 Å². The molecule has 4 amide bonds. The lowest BCUT2D eigenvalue weighted by Gasteiger charge is -2.11. The lowest BCUT2D eigenvalue weighted by Crippen LogP contribution is -2.14. The van der Waals surface area contributed by atoms with Crippen molar-refractivity contribution in [2.24, 2.45) is 0 Å². The monoisotopic (exact) mass is 1360 g/mol. The van der Waals surface area contributed by atoms with E-state index < -0.39 is 46.1 Å². The third-order valence-electron chi connectivity index (χ3n) is 12.7. The number of halogens is 8. The van der Waals surface area contributed by atoms with Crippen LogP contribution in [0.3, 0.4) is 0 Å². The van der Waals surface area contributed by atoms with Crippen molar-refractivity contribution in [3.63, 3.8) is 0 Å². The Morgan fingerprint density at radius 1 is 0.448 bits per heavy atom. The predicted molar refractivity (Wildman–Crippen MR) is 348 cm³/mol. The van der Waals surface area contributed by atoms with Crippen molar-refractivity contribution in [1.82, 2.24) is 44.1 Å². The summed E-state index contributed by atoms with van der Waals surface area (Å²) >= 11 is 5.68. The number of nitrogens with one attached hydrogen (secondary N) is 4. The number of carbonyl (C=O) groups is 4. The molecule has 0 atom stereocenters. The molecule has 0 saturated heterocycles. The zero-order chi connectivity index (χ0) is 70.4. The molecule has 4 N–H and O–H groups in total. The maximum atomic E-state index is 13.6. The number of nitriles is 1. The van der Waals surface area contributed by atoms with Gasteiger partial charge in [0.15, 0.2) is 0 Å². The molecule has 8 rings (SSSR count). The third-order valence-corrected chi connectivity index (χ3v) is 13.1. The first kappa shape index (κ1) is 76.7. The van der Waals surface area contributed by atoms with Crippen LogP contribution in [0.2, 0.25) is 5.02 Å². The van der Waals surface area contributed by atoms with Gasteiger partial charge in [0.1, 0.15) is 28.1 Å². The van der Waals surface area contributed by atoms with Crippen LogP contribution in [0.15, 0.2) is 110 Å². The number of nitrogens with zero attached hydrogens (tertiary/aromatic N) is 10. The second-order valence-electron chi connectivity index (χ2n) is 21.0. The van der Waals surface area contributed by atoms with Crippen molar-refractivity contribution < 1.29 is 68.9 Å². The molecule has 96 heavy (non-hydrogen) atoms. The van der Waals surface area contributed by atoms with Crippen molar-refractivity contribution in [3.05, 3.63) is 160 Å².